The SMILES string of the molecule is CCC(C)N(C(=O)C(Cc1ccc(O)cc1)NC(=O)OC(C)(C)C)C(C(=O)Nc1ccc2ccccc2c1)c1ccccc1O. The molecule has 0 aliphatic heterocycles. The number of rotatable bonds is 10. The first-order valence-corrected chi connectivity index (χ1v) is 15.0. The fraction of sp³-hybridized carbons (Fsp3) is 0.306. The van der Waals surface area contributed by atoms with Gasteiger partial charge in [-0.3, -0.25) is 9.59 Å². The number of amides is 3. The van der Waals surface area contributed by atoms with Crippen LogP contribution >= 0.6 is 0 Å². The molecule has 45 heavy (non-hydrogen) atoms. The molecule has 4 N–H and O–H groups in total. The van der Waals surface area contributed by atoms with Gasteiger partial charge in [0.1, 0.15) is 29.2 Å². The Labute approximate surface area is 263 Å². The Balaban J connectivity index is 1.77. The van der Waals surface area contributed by atoms with E-state index in [-0.39, 0.29) is 23.5 Å². The maximum Gasteiger partial charge on any atom is 0.408 e. The van der Waals surface area contributed by atoms with Gasteiger partial charge < -0.3 is 30.5 Å². The minimum atomic E-state index is -1.25. The number of nitrogens with zero attached hydrogens (tertiary/aromatic N) is 1. The van der Waals surface area contributed by atoms with Gasteiger partial charge in [0.05, 0.1) is 0 Å². The Kier molecular flexibility index (Phi) is 10.3. The summed E-state index contributed by atoms with van der Waals surface area (Å²) in [4.78, 5) is 43.3. The molecule has 9 heteroatoms. The second-order valence-electron chi connectivity index (χ2n) is 12.1. The molecule has 4 aromatic carbocycles. The lowest BCUT2D eigenvalue weighted by atomic mass is 9.97. The quantitative estimate of drug-likeness (QED) is 0.158. The smallest absolute Gasteiger partial charge is 0.408 e. The molecule has 4 rings (SSSR count). The van der Waals surface area contributed by atoms with Crippen molar-refractivity contribution >= 4 is 34.4 Å². The lowest BCUT2D eigenvalue weighted by Gasteiger charge is -2.38. The lowest BCUT2D eigenvalue weighted by Crippen LogP contribution is -2.55. The topological polar surface area (TPSA) is 128 Å². The van der Waals surface area contributed by atoms with Crippen LogP contribution in [0.2, 0.25) is 0 Å². The molecule has 3 atom stereocenters. The van der Waals surface area contributed by atoms with Gasteiger partial charge in [-0.25, -0.2) is 4.79 Å². The summed E-state index contributed by atoms with van der Waals surface area (Å²) in [6, 6.07) is 23.2. The highest BCUT2D eigenvalue weighted by Crippen LogP contribution is 2.33. The van der Waals surface area contributed by atoms with E-state index in [9.17, 15) is 24.6 Å². The number of nitrogens with one attached hydrogen (secondary N) is 2. The number of phenolic OH excluding ortho intramolecular Hbond substituents is 2. The predicted octanol–water partition coefficient (Wildman–Crippen LogP) is 6.69. The average Bonchev–Trinajstić information content (AvgIpc) is 2.99. The number of phenols is 2. The van der Waals surface area contributed by atoms with Gasteiger partial charge in [0.2, 0.25) is 5.91 Å². The third kappa shape index (κ3) is 8.53. The summed E-state index contributed by atoms with van der Waals surface area (Å²) < 4.78 is 5.49. The standard InChI is InChI=1S/C36H41N3O6/c1-6-23(2)39(34(43)30(38-35(44)45-36(3,4)5)21-24-15-19-28(40)20-16-24)32(29-13-9-10-14-31(29)41)33(42)37-27-18-17-25-11-7-8-12-26(25)22-27/h7-20,22-23,30,32,40-41H,6,21H2,1-5H3,(H,37,42)(H,38,44). The van der Waals surface area contributed by atoms with Crippen molar-refractivity contribution in [3.8, 4) is 11.5 Å². The van der Waals surface area contributed by atoms with E-state index in [1.807, 2.05) is 50.2 Å². The van der Waals surface area contributed by atoms with Gasteiger partial charge in [-0.05, 0) is 80.8 Å². The van der Waals surface area contributed by atoms with E-state index >= 15 is 0 Å². The normalized spacial score (nSPS) is 13.4. The number of ether oxygens (including phenoxy) is 1. The lowest BCUT2D eigenvalue weighted by molar-refractivity contribution is -0.143. The number of alkyl carbamates (subject to hydrolysis) is 1. The van der Waals surface area contributed by atoms with E-state index in [1.165, 1.54) is 23.1 Å². The third-order valence-corrected chi connectivity index (χ3v) is 7.46. The van der Waals surface area contributed by atoms with Crippen LogP contribution in [-0.2, 0) is 20.7 Å². The van der Waals surface area contributed by atoms with Crippen molar-refractivity contribution in [1.29, 1.82) is 0 Å². The fourth-order valence-corrected chi connectivity index (χ4v) is 5.11. The van der Waals surface area contributed by atoms with Crippen LogP contribution in [0.4, 0.5) is 10.5 Å². The Morgan fingerprint density at radius 1 is 0.867 bits per heavy atom. The number of hydrogen-bond donors (Lipinski definition) is 4. The molecule has 0 saturated carbocycles. The molecule has 0 aliphatic rings. The highest BCUT2D eigenvalue weighted by Gasteiger charge is 2.39. The van der Waals surface area contributed by atoms with Gasteiger partial charge in [0.15, 0.2) is 0 Å². The molecule has 3 amide bonds. The summed E-state index contributed by atoms with van der Waals surface area (Å²) in [6.45, 7) is 8.88. The molecule has 0 heterocycles. The van der Waals surface area contributed by atoms with Crippen molar-refractivity contribution in [2.45, 2.75) is 71.2 Å². The van der Waals surface area contributed by atoms with E-state index in [0.717, 1.165) is 10.8 Å². The molecule has 4 aromatic rings. The summed E-state index contributed by atoms with van der Waals surface area (Å²) in [5.74, 6) is -1.15. The molecule has 0 fully saturated rings. The van der Waals surface area contributed by atoms with Crippen molar-refractivity contribution in [3.05, 3.63) is 102 Å². The van der Waals surface area contributed by atoms with Crippen molar-refractivity contribution in [2.75, 3.05) is 5.32 Å². The van der Waals surface area contributed by atoms with Gasteiger partial charge >= 0.3 is 6.09 Å². The Bertz CT molecular complexity index is 1650. The van der Waals surface area contributed by atoms with Gasteiger partial charge in [0, 0.05) is 23.7 Å². The molecule has 0 radical (unpaired) electrons. The van der Waals surface area contributed by atoms with Crippen molar-refractivity contribution < 1.29 is 29.3 Å². The summed E-state index contributed by atoms with van der Waals surface area (Å²) in [6.07, 6.45) is -0.244. The van der Waals surface area contributed by atoms with E-state index in [4.69, 9.17) is 4.74 Å². The van der Waals surface area contributed by atoms with Crippen LogP contribution in [0, 0.1) is 0 Å². The van der Waals surface area contributed by atoms with Crippen LogP contribution in [0.25, 0.3) is 10.8 Å². The first-order chi connectivity index (χ1) is 21.4. The molecule has 0 spiro atoms. The van der Waals surface area contributed by atoms with Crippen LogP contribution in [-0.4, -0.2) is 50.7 Å². The third-order valence-electron chi connectivity index (χ3n) is 7.46. The second kappa shape index (κ2) is 14.2. The van der Waals surface area contributed by atoms with Gasteiger partial charge in [-0.1, -0.05) is 67.6 Å². The Hall–Kier alpha value is -5.05. The highest BCUT2D eigenvalue weighted by molar-refractivity contribution is 6.01. The molecule has 9 nitrogen and oxygen atoms in total. The zero-order valence-electron chi connectivity index (χ0n) is 26.3. The maximum absolute atomic E-state index is 14.6. The van der Waals surface area contributed by atoms with Crippen LogP contribution in [0.5, 0.6) is 11.5 Å². The highest BCUT2D eigenvalue weighted by atomic mass is 16.6. The number of fused-ring (bicyclic) bond motifs is 1. The number of carbonyl (C=O) groups is 3. The second-order valence-corrected chi connectivity index (χ2v) is 12.1. The first kappa shape index (κ1) is 32.9. The number of aromatic hydroxyl groups is 2. The van der Waals surface area contributed by atoms with Gasteiger partial charge in [0.25, 0.3) is 5.91 Å². The molecule has 0 aromatic heterocycles. The summed E-state index contributed by atoms with van der Waals surface area (Å²) in [7, 11) is 0. The number of anilines is 1. The Morgan fingerprint density at radius 3 is 2.16 bits per heavy atom. The molecular formula is C36H41N3O6. The molecule has 236 valence electrons. The van der Waals surface area contributed by atoms with E-state index < -0.39 is 41.6 Å². The molecule has 0 bridgehead atoms. The molecule has 3 unspecified atom stereocenters. The zero-order chi connectivity index (χ0) is 32.7. The van der Waals surface area contributed by atoms with Crippen LogP contribution in [0.3, 0.4) is 0 Å². The van der Waals surface area contributed by atoms with Crippen molar-refractivity contribution in [3.63, 3.8) is 0 Å². The fourth-order valence-electron chi connectivity index (χ4n) is 5.11. The van der Waals surface area contributed by atoms with Crippen molar-refractivity contribution in [2.24, 2.45) is 0 Å². The first-order valence-electron chi connectivity index (χ1n) is 15.0. The number of carbonyl (C=O) groups excluding carboxylic acids is 3. The van der Waals surface area contributed by atoms with Crippen molar-refractivity contribution in [1.82, 2.24) is 10.2 Å². The minimum absolute atomic E-state index is 0.0606. The van der Waals surface area contributed by atoms with E-state index in [1.54, 1.807) is 57.2 Å². The number of para-hydroxylation sites is 1. The minimum Gasteiger partial charge on any atom is -0.508 e. The monoisotopic (exact) mass is 611 g/mol. The number of hydrogen-bond acceptors (Lipinski definition) is 6. The average molecular weight is 612 g/mol. The molecule has 0 saturated heterocycles. The van der Waals surface area contributed by atoms with E-state index in [2.05, 4.69) is 10.6 Å². The largest absolute Gasteiger partial charge is 0.508 e. The summed E-state index contributed by atoms with van der Waals surface area (Å²) >= 11 is 0. The van der Waals surface area contributed by atoms with Gasteiger partial charge in [-0.15, -0.1) is 0 Å². The van der Waals surface area contributed by atoms with Crippen LogP contribution < -0.4 is 10.6 Å². The predicted molar refractivity (Wildman–Crippen MR) is 175 cm³/mol. The summed E-state index contributed by atoms with van der Waals surface area (Å²) in [5, 5.41) is 28.4. The van der Waals surface area contributed by atoms with E-state index in [0.29, 0.717) is 17.7 Å². The van der Waals surface area contributed by atoms with Gasteiger partial charge in [-0.2, -0.15) is 0 Å². The summed E-state index contributed by atoms with van der Waals surface area (Å²) in [5.41, 5.74) is 0.629. The maximum atomic E-state index is 14.6. The molecule has 0 aliphatic carbocycles. The number of benzene rings is 4. The van der Waals surface area contributed by atoms with Crippen LogP contribution in [0.15, 0.2) is 91.0 Å². The molecular weight excluding hydrogens is 570 g/mol. The van der Waals surface area contributed by atoms with Crippen LogP contribution in [0.1, 0.15) is 58.2 Å². The zero-order valence-corrected chi connectivity index (χ0v) is 26.3. The Morgan fingerprint density at radius 2 is 1.51 bits per heavy atom.